The van der Waals surface area contributed by atoms with E-state index < -0.39 is 5.60 Å². The van der Waals surface area contributed by atoms with Crippen LogP contribution in [0.3, 0.4) is 0 Å². The van der Waals surface area contributed by atoms with Crippen LogP contribution in [0.5, 0.6) is 0 Å². The number of benzene rings is 1. The molecule has 1 aliphatic rings. The predicted octanol–water partition coefficient (Wildman–Crippen LogP) is 2.87. The minimum atomic E-state index is -0.835. The number of aromatic nitrogens is 3. The maximum atomic E-state index is 11.0. The second-order valence-corrected chi connectivity index (χ2v) is 6.75. The highest BCUT2D eigenvalue weighted by molar-refractivity contribution is 6.31. The van der Waals surface area contributed by atoms with E-state index in [-0.39, 0.29) is 0 Å². The van der Waals surface area contributed by atoms with E-state index in [4.69, 9.17) is 11.6 Å². The van der Waals surface area contributed by atoms with Crippen molar-refractivity contribution < 1.29 is 5.11 Å². The van der Waals surface area contributed by atoms with Crippen molar-refractivity contribution in [3.05, 3.63) is 65.3 Å². The largest absolute Gasteiger partial charge is 0.385 e. The fourth-order valence-corrected chi connectivity index (χ4v) is 3.74. The Kier molecular flexibility index (Phi) is 4.00. The third-order valence-corrected chi connectivity index (χ3v) is 5.17. The summed E-state index contributed by atoms with van der Waals surface area (Å²) >= 11 is 6.27. The molecule has 0 bridgehead atoms. The van der Waals surface area contributed by atoms with E-state index in [9.17, 15) is 5.11 Å². The number of hydrogen-bond acceptors (Lipinski definition) is 4. The van der Waals surface area contributed by atoms with Crippen LogP contribution in [0, 0.1) is 0 Å². The lowest BCUT2D eigenvalue weighted by molar-refractivity contribution is -0.0279. The van der Waals surface area contributed by atoms with E-state index >= 15 is 0 Å². The fraction of sp³-hybridized carbons (Fsp3) is 0.333. The summed E-state index contributed by atoms with van der Waals surface area (Å²) in [6, 6.07) is 7.59. The van der Waals surface area contributed by atoms with Gasteiger partial charge in [0.25, 0.3) is 0 Å². The Labute approximate surface area is 145 Å². The lowest BCUT2D eigenvalue weighted by atomic mass is 9.84. The van der Waals surface area contributed by atoms with Crippen LogP contribution >= 0.6 is 11.6 Å². The van der Waals surface area contributed by atoms with Gasteiger partial charge in [0.05, 0.1) is 23.7 Å². The molecule has 0 saturated carbocycles. The Bertz CT molecular complexity index is 855. The number of halogens is 1. The number of rotatable bonds is 3. The van der Waals surface area contributed by atoms with Crippen molar-refractivity contribution in [3.8, 4) is 0 Å². The van der Waals surface area contributed by atoms with Crippen LogP contribution in [0.15, 0.2) is 49.1 Å². The number of aliphatic hydroxyl groups is 1. The summed E-state index contributed by atoms with van der Waals surface area (Å²) in [7, 11) is 0. The van der Waals surface area contributed by atoms with Crippen molar-refractivity contribution in [3.63, 3.8) is 0 Å². The summed E-state index contributed by atoms with van der Waals surface area (Å²) in [6.45, 7) is 2.45. The van der Waals surface area contributed by atoms with Gasteiger partial charge in [-0.05, 0) is 18.9 Å². The minimum Gasteiger partial charge on any atom is -0.385 e. The standard InChI is InChI=1S/C18H19ClN4O/c19-16-4-2-1-3-15(16)18(24)5-8-22(9-6-18)13-14-11-21-17-12-20-7-10-23(14)17/h1-4,7,10-12,24H,5-6,8-9,13H2. The number of likely N-dealkylation sites (tertiary alicyclic amines) is 1. The molecule has 0 unspecified atom stereocenters. The van der Waals surface area contributed by atoms with Crippen LogP contribution < -0.4 is 0 Å². The number of fused-ring (bicyclic) bond motifs is 1. The molecule has 0 spiro atoms. The summed E-state index contributed by atoms with van der Waals surface area (Å²) in [5.41, 5.74) is 2.00. The van der Waals surface area contributed by atoms with Crippen molar-refractivity contribution in [2.24, 2.45) is 0 Å². The zero-order valence-corrected chi connectivity index (χ0v) is 14.0. The second-order valence-electron chi connectivity index (χ2n) is 6.34. The van der Waals surface area contributed by atoms with Gasteiger partial charge in [0.1, 0.15) is 0 Å². The summed E-state index contributed by atoms with van der Waals surface area (Å²) < 4.78 is 2.06. The molecule has 0 atom stereocenters. The summed E-state index contributed by atoms with van der Waals surface area (Å²) in [5, 5.41) is 11.6. The highest BCUT2D eigenvalue weighted by atomic mass is 35.5. The van der Waals surface area contributed by atoms with Crippen LogP contribution in [0.4, 0.5) is 0 Å². The van der Waals surface area contributed by atoms with Crippen molar-refractivity contribution in [1.29, 1.82) is 0 Å². The molecule has 1 fully saturated rings. The molecule has 0 radical (unpaired) electrons. The molecular formula is C18H19ClN4O. The molecule has 3 aromatic rings. The molecule has 24 heavy (non-hydrogen) atoms. The van der Waals surface area contributed by atoms with E-state index in [1.54, 1.807) is 12.4 Å². The van der Waals surface area contributed by atoms with Gasteiger partial charge in [-0.3, -0.25) is 14.3 Å². The molecule has 6 heteroatoms. The molecule has 4 rings (SSSR count). The van der Waals surface area contributed by atoms with Crippen LogP contribution in [-0.2, 0) is 12.1 Å². The quantitative estimate of drug-likeness (QED) is 0.795. The Hall–Kier alpha value is -1.95. The first kappa shape index (κ1) is 15.6. The maximum Gasteiger partial charge on any atom is 0.155 e. The number of imidazole rings is 1. The minimum absolute atomic E-state index is 0.641. The van der Waals surface area contributed by atoms with Gasteiger partial charge in [0.15, 0.2) is 5.65 Å². The highest BCUT2D eigenvalue weighted by Gasteiger charge is 2.35. The van der Waals surface area contributed by atoms with Gasteiger partial charge < -0.3 is 5.11 Å². The Morgan fingerprint density at radius 2 is 1.96 bits per heavy atom. The summed E-state index contributed by atoms with van der Waals surface area (Å²) in [4.78, 5) is 10.8. The van der Waals surface area contributed by atoms with Crippen molar-refractivity contribution in [2.75, 3.05) is 13.1 Å². The highest BCUT2D eigenvalue weighted by Crippen LogP contribution is 2.36. The first-order valence-corrected chi connectivity index (χ1v) is 8.49. The summed E-state index contributed by atoms with van der Waals surface area (Å²) in [5.74, 6) is 0. The van der Waals surface area contributed by atoms with Crippen LogP contribution in [0.25, 0.3) is 5.65 Å². The van der Waals surface area contributed by atoms with Gasteiger partial charge in [0.2, 0.25) is 0 Å². The maximum absolute atomic E-state index is 11.0. The van der Waals surface area contributed by atoms with Crippen molar-refractivity contribution in [1.82, 2.24) is 19.3 Å². The third kappa shape index (κ3) is 2.79. The Balaban J connectivity index is 1.47. The molecule has 0 amide bonds. The monoisotopic (exact) mass is 342 g/mol. The molecule has 5 nitrogen and oxygen atoms in total. The first-order chi connectivity index (χ1) is 11.7. The van der Waals surface area contributed by atoms with Crippen molar-refractivity contribution in [2.45, 2.75) is 25.0 Å². The van der Waals surface area contributed by atoms with Crippen LogP contribution in [0.1, 0.15) is 24.1 Å². The van der Waals surface area contributed by atoms with E-state index in [0.717, 1.165) is 36.5 Å². The number of nitrogens with zero attached hydrogens (tertiary/aromatic N) is 4. The Morgan fingerprint density at radius 3 is 2.75 bits per heavy atom. The SMILES string of the molecule is OC1(c2ccccc2Cl)CCN(Cc2cnc3cnccn23)CC1. The first-order valence-electron chi connectivity index (χ1n) is 8.11. The van der Waals surface area contributed by atoms with Gasteiger partial charge in [0, 0.05) is 42.6 Å². The topological polar surface area (TPSA) is 53.7 Å². The van der Waals surface area contributed by atoms with Gasteiger partial charge in [-0.25, -0.2) is 4.98 Å². The molecule has 124 valence electrons. The summed E-state index contributed by atoms with van der Waals surface area (Å²) in [6.07, 6.45) is 8.71. The van der Waals surface area contributed by atoms with Gasteiger partial charge >= 0.3 is 0 Å². The molecule has 1 saturated heterocycles. The predicted molar refractivity (Wildman–Crippen MR) is 92.8 cm³/mol. The van der Waals surface area contributed by atoms with Gasteiger partial charge in [-0.15, -0.1) is 0 Å². The molecular weight excluding hydrogens is 324 g/mol. The molecule has 2 aromatic heterocycles. The Morgan fingerprint density at radius 1 is 1.17 bits per heavy atom. The average Bonchev–Trinajstić information content (AvgIpc) is 3.01. The zero-order chi connectivity index (χ0) is 16.6. The lowest BCUT2D eigenvalue weighted by Crippen LogP contribution is -2.42. The molecule has 1 N–H and O–H groups in total. The molecule has 1 aliphatic heterocycles. The van der Waals surface area contributed by atoms with Gasteiger partial charge in [-0.1, -0.05) is 29.8 Å². The average molecular weight is 343 g/mol. The van der Waals surface area contributed by atoms with E-state index in [1.165, 1.54) is 0 Å². The van der Waals surface area contributed by atoms with Crippen LogP contribution in [0.2, 0.25) is 5.02 Å². The van der Waals surface area contributed by atoms with E-state index in [0.29, 0.717) is 17.9 Å². The number of piperidine rings is 1. The van der Waals surface area contributed by atoms with Crippen molar-refractivity contribution >= 4 is 17.2 Å². The van der Waals surface area contributed by atoms with Gasteiger partial charge in [-0.2, -0.15) is 0 Å². The normalized spacial score (nSPS) is 18.1. The van der Waals surface area contributed by atoms with E-state index in [2.05, 4.69) is 19.3 Å². The second kappa shape index (κ2) is 6.16. The third-order valence-electron chi connectivity index (χ3n) is 4.84. The zero-order valence-electron chi connectivity index (χ0n) is 13.3. The van der Waals surface area contributed by atoms with Crippen LogP contribution in [-0.4, -0.2) is 37.5 Å². The smallest absolute Gasteiger partial charge is 0.155 e. The lowest BCUT2D eigenvalue weighted by Gasteiger charge is -2.38. The molecule has 3 heterocycles. The molecule has 0 aliphatic carbocycles. The van der Waals surface area contributed by atoms with E-state index in [1.807, 2.05) is 36.7 Å². The number of hydrogen-bond donors (Lipinski definition) is 1. The fourth-order valence-electron chi connectivity index (χ4n) is 3.43. The molecule has 1 aromatic carbocycles.